The topological polar surface area (TPSA) is 59.3 Å². The van der Waals surface area contributed by atoms with E-state index in [0.717, 1.165) is 36.5 Å². The Morgan fingerprint density at radius 2 is 2.18 bits per heavy atom. The van der Waals surface area contributed by atoms with Gasteiger partial charge in [-0.25, -0.2) is 0 Å². The third-order valence-electron chi connectivity index (χ3n) is 3.75. The molecule has 5 nitrogen and oxygen atoms in total. The van der Waals surface area contributed by atoms with E-state index in [1.54, 1.807) is 11.8 Å². The van der Waals surface area contributed by atoms with Crippen LogP contribution in [-0.2, 0) is 4.79 Å². The van der Waals surface area contributed by atoms with Crippen molar-refractivity contribution < 1.29 is 4.79 Å². The summed E-state index contributed by atoms with van der Waals surface area (Å²) in [5, 5.41) is 11.6. The Kier molecular flexibility index (Phi) is 6.24. The molecule has 2 rings (SSSR count). The molecule has 0 spiro atoms. The standard InChI is InChI=1S/C16H24N4OS/c1-4-7-12(2)16(21)17-13(9-11-22-3)15-19-18-14-8-5-6-10-20(14)15/h5-6,8,10,12-13H,4,7,9,11H2,1-3H3,(H,17,21). The van der Waals surface area contributed by atoms with E-state index in [9.17, 15) is 4.79 Å². The van der Waals surface area contributed by atoms with Crippen LogP contribution in [0.3, 0.4) is 0 Å². The molecule has 0 aromatic carbocycles. The lowest BCUT2D eigenvalue weighted by molar-refractivity contribution is -0.125. The molecular weight excluding hydrogens is 296 g/mol. The molecule has 0 saturated carbocycles. The minimum absolute atomic E-state index is 0.0287. The maximum Gasteiger partial charge on any atom is 0.223 e. The van der Waals surface area contributed by atoms with Gasteiger partial charge in [-0.3, -0.25) is 9.20 Å². The zero-order valence-corrected chi connectivity index (χ0v) is 14.3. The number of nitrogens with one attached hydrogen (secondary N) is 1. The van der Waals surface area contributed by atoms with Gasteiger partial charge in [0.1, 0.15) is 0 Å². The average molecular weight is 320 g/mol. The molecule has 6 heteroatoms. The van der Waals surface area contributed by atoms with E-state index >= 15 is 0 Å². The van der Waals surface area contributed by atoms with E-state index in [4.69, 9.17) is 0 Å². The van der Waals surface area contributed by atoms with Gasteiger partial charge in [0.25, 0.3) is 0 Å². The number of fused-ring (bicyclic) bond motifs is 1. The average Bonchev–Trinajstić information content (AvgIpc) is 2.95. The fraction of sp³-hybridized carbons (Fsp3) is 0.562. The quantitative estimate of drug-likeness (QED) is 0.812. The fourth-order valence-electron chi connectivity index (χ4n) is 2.48. The van der Waals surface area contributed by atoms with Crippen molar-refractivity contribution in [2.75, 3.05) is 12.0 Å². The van der Waals surface area contributed by atoms with Gasteiger partial charge in [0, 0.05) is 12.1 Å². The molecule has 1 N–H and O–H groups in total. The van der Waals surface area contributed by atoms with E-state index < -0.39 is 0 Å². The van der Waals surface area contributed by atoms with Crippen LogP contribution in [0.1, 0.15) is 45.0 Å². The van der Waals surface area contributed by atoms with Crippen LogP contribution >= 0.6 is 11.8 Å². The van der Waals surface area contributed by atoms with Crippen molar-refractivity contribution in [3.8, 4) is 0 Å². The normalized spacial score (nSPS) is 14.0. The maximum atomic E-state index is 12.4. The third-order valence-corrected chi connectivity index (χ3v) is 4.39. The van der Waals surface area contributed by atoms with Crippen molar-refractivity contribution in [1.82, 2.24) is 19.9 Å². The summed E-state index contributed by atoms with van der Waals surface area (Å²) in [5.74, 6) is 1.90. The van der Waals surface area contributed by atoms with Gasteiger partial charge in [-0.2, -0.15) is 11.8 Å². The maximum absolute atomic E-state index is 12.4. The van der Waals surface area contributed by atoms with Gasteiger partial charge in [0.05, 0.1) is 6.04 Å². The van der Waals surface area contributed by atoms with E-state index in [2.05, 4.69) is 28.7 Å². The molecule has 0 saturated heterocycles. The summed E-state index contributed by atoms with van der Waals surface area (Å²) in [6, 6.07) is 5.71. The van der Waals surface area contributed by atoms with E-state index in [1.807, 2.05) is 35.7 Å². The summed E-state index contributed by atoms with van der Waals surface area (Å²) < 4.78 is 1.95. The number of rotatable bonds is 8. The minimum atomic E-state index is -0.100. The zero-order chi connectivity index (χ0) is 15.9. The Labute approximate surface area is 135 Å². The number of nitrogens with zero attached hydrogens (tertiary/aromatic N) is 3. The molecule has 0 fully saturated rings. The number of hydrogen-bond acceptors (Lipinski definition) is 4. The van der Waals surface area contributed by atoms with Gasteiger partial charge in [-0.05, 0) is 37.0 Å². The Balaban J connectivity index is 2.20. The third kappa shape index (κ3) is 4.00. The molecule has 0 bridgehead atoms. The number of amides is 1. The molecule has 2 atom stereocenters. The molecule has 0 radical (unpaired) electrons. The molecule has 1 amide bonds. The Bertz CT molecular complexity index is 613. The fourth-order valence-corrected chi connectivity index (χ4v) is 2.95. The first-order valence-electron chi connectivity index (χ1n) is 7.76. The van der Waals surface area contributed by atoms with Crippen LogP contribution in [0.25, 0.3) is 5.65 Å². The first-order chi connectivity index (χ1) is 10.7. The van der Waals surface area contributed by atoms with Crippen molar-refractivity contribution in [3.05, 3.63) is 30.2 Å². The summed E-state index contributed by atoms with van der Waals surface area (Å²) in [6.45, 7) is 4.08. The molecule has 2 heterocycles. The van der Waals surface area contributed by atoms with Crippen LogP contribution in [0.5, 0.6) is 0 Å². The molecule has 120 valence electrons. The van der Waals surface area contributed by atoms with Gasteiger partial charge in [0.2, 0.25) is 5.91 Å². The minimum Gasteiger partial charge on any atom is -0.346 e. The first-order valence-corrected chi connectivity index (χ1v) is 9.15. The van der Waals surface area contributed by atoms with Gasteiger partial charge < -0.3 is 5.32 Å². The second kappa shape index (κ2) is 8.17. The van der Waals surface area contributed by atoms with Gasteiger partial charge >= 0.3 is 0 Å². The molecule has 0 aliphatic heterocycles. The van der Waals surface area contributed by atoms with Gasteiger partial charge in [-0.1, -0.05) is 26.3 Å². The largest absolute Gasteiger partial charge is 0.346 e. The Hall–Kier alpha value is -1.56. The second-order valence-corrected chi connectivity index (χ2v) is 6.51. The number of carbonyl (C=O) groups is 1. The molecule has 2 unspecified atom stereocenters. The van der Waals surface area contributed by atoms with E-state index in [-0.39, 0.29) is 17.9 Å². The van der Waals surface area contributed by atoms with Crippen molar-refractivity contribution in [2.24, 2.45) is 5.92 Å². The summed E-state index contributed by atoms with van der Waals surface area (Å²) in [5.41, 5.74) is 0.808. The molecule has 0 aliphatic carbocycles. The lowest BCUT2D eigenvalue weighted by atomic mass is 10.0. The highest BCUT2D eigenvalue weighted by atomic mass is 32.2. The van der Waals surface area contributed by atoms with E-state index in [1.165, 1.54) is 0 Å². The smallest absolute Gasteiger partial charge is 0.223 e. The van der Waals surface area contributed by atoms with E-state index in [0.29, 0.717) is 0 Å². The zero-order valence-electron chi connectivity index (χ0n) is 13.5. The highest BCUT2D eigenvalue weighted by Gasteiger charge is 2.22. The Morgan fingerprint density at radius 3 is 2.91 bits per heavy atom. The predicted molar refractivity (Wildman–Crippen MR) is 90.9 cm³/mol. The lowest BCUT2D eigenvalue weighted by Crippen LogP contribution is -2.34. The SMILES string of the molecule is CCCC(C)C(=O)NC(CCSC)c1nnc2ccccn12. The molecule has 22 heavy (non-hydrogen) atoms. The molecule has 0 aliphatic rings. The number of aromatic nitrogens is 3. The summed E-state index contributed by atoms with van der Waals surface area (Å²) in [4.78, 5) is 12.4. The van der Waals surface area contributed by atoms with Crippen LogP contribution < -0.4 is 5.32 Å². The first kappa shape index (κ1) is 16.8. The van der Waals surface area contributed by atoms with Crippen LogP contribution in [0.15, 0.2) is 24.4 Å². The van der Waals surface area contributed by atoms with Gasteiger partial charge in [0.15, 0.2) is 11.5 Å². The van der Waals surface area contributed by atoms with Crippen molar-refractivity contribution >= 4 is 23.3 Å². The monoisotopic (exact) mass is 320 g/mol. The Morgan fingerprint density at radius 1 is 1.36 bits per heavy atom. The number of pyridine rings is 1. The number of carbonyl (C=O) groups excluding carboxylic acids is 1. The van der Waals surface area contributed by atoms with Crippen LogP contribution in [0, 0.1) is 5.92 Å². The van der Waals surface area contributed by atoms with Crippen LogP contribution in [0.2, 0.25) is 0 Å². The molecular formula is C16H24N4OS. The van der Waals surface area contributed by atoms with Crippen LogP contribution in [-0.4, -0.2) is 32.5 Å². The molecule has 2 aromatic heterocycles. The highest BCUT2D eigenvalue weighted by Crippen LogP contribution is 2.19. The summed E-state index contributed by atoms with van der Waals surface area (Å²) >= 11 is 1.77. The van der Waals surface area contributed by atoms with Crippen molar-refractivity contribution in [1.29, 1.82) is 0 Å². The predicted octanol–water partition coefficient (Wildman–Crippen LogP) is 3.08. The summed E-state index contributed by atoms with van der Waals surface area (Å²) in [7, 11) is 0. The number of hydrogen-bond donors (Lipinski definition) is 1. The summed E-state index contributed by atoms with van der Waals surface area (Å²) in [6.07, 6.45) is 6.78. The van der Waals surface area contributed by atoms with Crippen LogP contribution in [0.4, 0.5) is 0 Å². The van der Waals surface area contributed by atoms with Crippen molar-refractivity contribution in [3.63, 3.8) is 0 Å². The number of thioether (sulfide) groups is 1. The van der Waals surface area contributed by atoms with Crippen molar-refractivity contribution in [2.45, 2.75) is 39.2 Å². The second-order valence-electron chi connectivity index (χ2n) is 5.52. The van der Waals surface area contributed by atoms with Gasteiger partial charge in [-0.15, -0.1) is 10.2 Å². The molecule has 2 aromatic rings. The lowest BCUT2D eigenvalue weighted by Gasteiger charge is -2.19. The highest BCUT2D eigenvalue weighted by molar-refractivity contribution is 7.98.